The van der Waals surface area contributed by atoms with Crippen molar-refractivity contribution < 1.29 is 9.18 Å². The number of benzene rings is 2. The molecule has 3 rings (SSSR count). The zero-order valence-corrected chi connectivity index (χ0v) is 13.1. The Balaban J connectivity index is 1.79. The molecule has 1 amide bonds. The maximum atomic E-state index is 12.9. The number of carbonyl (C=O) groups excluding carboxylic acids is 1. The van der Waals surface area contributed by atoms with Crippen LogP contribution in [0, 0.1) is 5.82 Å². The van der Waals surface area contributed by atoms with Crippen LogP contribution >= 0.6 is 11.6 Å². The number of anilines is 1. The van der Waals surface area contributed by atoms with Crippen LogP contribution in [0.2, 0.25) is 5.02 Å². The van der Waals surface area contributed by atoms with Crippen molar-refractivity contribution in [2.45, 2.75) is 0 Å². The van der Waals surface area contributed by atoms with E-state index in [1.165, 1.54) is 35.5 Å². The molecule has 0 bridgehead atoms. The lowest BCUT2D eigenvalue weighted by Crippen LogP contribution is -2.11. The van der Waals surface area contributed by atoms with Crippen LogP contribution in [0.3, 0.4) is 0 Å². The molecule has 0 aliphatic heterocycles. The average molecular weight is 343 g/mol. The van der Waals surface area contributed by atoms with Gasteiger partial charge in [0.05, 0.1) is 11.4 Å². The fraction of sp³-hybridized carbons (Fsp3) is 0. The highest BCUT2D eigenvalue weighted by atomic mass is 35.5. The van der Waals surface area contributed by atoms with Gasteiger partial charge in [-0.05, 0) is 42.0 Å². The second-order valence-electron chi connectivity index (χ2n) is 4.88. The summed E-state index contributed by atoms with van der Waals surface area (Å²) in [6, 6.07) is 10.9. The Kier molecular flexibility index (Phi) is 4.67. The first-order valence-corrected chi connectivity index (χ1v) is 7.39. The van der Waals surface area contributed by atoms with Crippen molar-refractivity contribution >= 4 is 29.3 Å². The fourth-order valence-corrected chi connectivity index (χ4v) is 2.23. The molecular weight excluding hydrogens is 331 g/mol. The standard InChI is InChI=1S/C17H12ClFN4O/c18-13-4-7-16(23-11-20-10-21-23)15(9-13)22-17(24)8-3-12-1-5-14(19)6-2-12/h1-11H,(H,22,24)/b8-3+. The number of amides is 1. The van der Waals surface area contributed by atoms with Gasteiger partial charge in [-0.15, -0.1) is 0 Å². The predicted octanol–water partition coefficient (Wildman–Crippen LogP) is 3.71. The topological polar surface area (TPSA) is 59.8 Å². The largest absolute Gasteiger partial charge is 0.321 e. The molecular formula is C17H12ClFN4O. The number of hydrogen-bond acceptors (Lipinski definition) is 3. The summed E-state index contributed by atoms with van der Waals surface area (Å²) in [4.78, 5) is 16.0. The number of aromatic nitrogens is 3. The zero-order chi connectivity index (χ0) is 16.9. The molecule has 1 aromatic heterocycles. The molecule has 0 atom stereocenters. The second-order valence-corrected chi connectivity index (χ2v) is 5.31. The first-order chi connectivity index (χ1) is 11.6. The van der Waals surface area contributed by atoms with Crippen molar-refractivity contribution in [2.24, 2.45) is 0 Å². The number of carbonyl (C=O) groups is 1. The molecule has 3 aromatic rings. The highest BCUT2D eigenvalue weighted by Crippen LogP contribution is 2.24. The molecule has 120 valence electrons. The van der Waals surface area contributed by atoms with Gasteiger partial charge in [0, 0.05) is 11.1 Å². The Labute approximate surface area is 142 Å². The van der Waals surface area contributed by atoms with E-state index in [0.717, 1.165) is 0 Å². The van der Waals surface area contributed by atoms with Crippen LogP contribution in [0.15, 0.2) is 61.2 Å². The summed E-state index contributed by atoms with van der Waals surface area (Å²) in [5.41, 5.74) is 1.86. The molecule has 5 nitrogen and oxygen atoms in total. The summed E-state index contributed by atoms with van der Waals surface area (Å²) in [6.07, 6.45) is 5.87. The summed E-state index contributed by atoms with van der Waals surface area (Å²) in [7, 11) is 0. The Morgan fingerprint density at radius 1 is 1.21 bits per heavy atom. The Morgan fingerprint density at radius 3 is 2.71 bits per heavy atom. The third-order valence-corrected chi connectivity index (χ3v) is 3.41. The Morgan fingerprint density at radius 2 is 2.00 bits per heavy atom. The highest BCUT2D eigenvalue weighted by Gasteiger charge is 2.08. The fourth-order valence-electron chi connectivity index (χ4n) is 2.06. The molecule has 1 heterocycles. The molecule has 0 fully saturated rings. The number of nitrogens with one attached hydrogen (secondary N) is 1. The molecule has 0 aliphatic rings. The Hall–Kier alpha value is -2.99. The minimum absolute atomic E-state index is 0.326. The van der Waals surface area contributed by atoms with Gasteiger partial charge < -0.3 is 5.32 Å². The lowest BCUT2D eigenvalue weighted by atomic mass is 10.2. The van der Waals surface area contributed by atoms with Gasteiger partial charge in [0.2, 0.25) is 5.91 Å². The average Bonchev–Trinajstić information content (AvgIpc) is 3.09. The maximum Gasteiger partial charge on any atom is 0.248 e. The lowest BCUT2D eigenvalue weighted by molar-refractivity contribution is -0.111. The van der Waals surface area contributed by atoms with Gasteiger partial charge >= 0.3 is 0 Å². The summed E-state index contributed by atoms with van der Waals surface area (Å²) < 4.78 is 14.4. The second kappa shape index (κ2) is 7.06. The third kappa shape index (κ3) is 3.85. The summed E-state index contributed by atoms with van der Waals surface area (Å²) in [5, 5.41) is 7.27. The molecule has 0 unspecified atom stereocenters. The Bertz CT molecular complexity index is 876. The quantitative estimate of drug-likeness (QED) is 0.735. The van der Waals surface area contributed by atoms with E-state index in [4.69, 9.17) is 11.6 Å². The van der Waals surface area contributed by atoms with Crippen LogP contribution in [-0.4, -0.2) is 20.7 Å². The van der Waals surface area contributed by atoms with E-state index in [0.29, 0.717) is 22.0 Å². The van der Waals surface area contributed by atoms with Gasteiger partial charge in [0.15, 0.2) is 0 Å². The van der Waals surface area contributed by atoms with Crippen molar-refractivity contribution in [3.05, 3.63) is 77.6 Å². The van der Waals surface area contributed by atoms with Crippen molar-refractivity contribution in [3.8, 4) is 5.69 Å². The summed E-state index contributed by atoms with van der Waals surface area (Å²) in [5.74, 6) is -0.670. The van der Waals surface area contributed by atoms with Crippen LogP contribution in [0.5, 0.6) is 0 Å². The normalized spacial score (nSPS) is 10.9. The molecule has 0 saturated carbocycles. The van der Waals surface area contributed by atoms with Crippen LogP contribution in [-0.2, 0) is 4.79 Å². The van der Waals surface area contributed by atoms with Crippen LogP contribution in [0.25, 0.3) is 11.8 Å². The van der Waals surface area contributed by atoms with E-state index in [9.17, 15) is 9.18 Å². The van der Waals surface area contributed by atoms with Crippen LogP contribution in [0.4, 0.5) is 10.1 Å². The number of rotatable bonds is 4. The molecule has 0 aliphatic carbocycles. The van der Waals surface area contributed by atoms with Crippen LogP contribution in [0.1, 0.15) is 5.56 Å². The molecule has 0 radical (unpaired) electrons. The summed E-state index contributed by atoms with van der Waals surface area (Å²) in [6.45, 7) is 0. The summed E-state index contributed by atoms with van der Waals surface area (Å²) >= 11 is 6.00. The highest BCUT2D eigenvalue weighted by molar-refractivity contribution is 6.31. The van der Waals surface area contributed by atoms with Gasteiger partial charge in [0.25, 0.3) is 0 Å². The molecule has 0 saturated heterocycles. The molecule has 24 heavy (non-hydrogen) atoms. The lowest BCUT2D eigenvalue weighted by Gasteiger charge is -2.10. The smallest absolute Gasteiger partial charge is 0.248 e. The van der Waals surface area contributed by atoms with E-state index in [2.05, 4.69) is 15.4 Å². The number of nitrogens with zero attached hydrogens (tertiary/aromatic N) is 3. The van der Waals surface area contributed by atoms with Crippen molar-refractivity contribution in [2.75, 3.05) is 5.32 Å². The number of hydrogen-bond donors (Lipinski definition) is 1. The monoisotopic (exact) mass is 342 g/mol. The van der Waals surface area contributed by atoms with E-state index in [1.54, 1.807) is 36.4 Å². The third-order valence-electron chi connectivity index (χ3n) is 3.18. The predicted molar refractivity (Wildman–Crippen MR) is 90.4 cm³/mol. The minimum atomic E-state index is -0.344. The molecule has 1 N–H and O–H groups in total. The zero-order valence-electron chi connectivity index (χ0n) is 12.4. The van der Waals surface area contributed by atoms with E-state index in [-0.39, 0.29) is 11.7 Å². The van der Waals surface area contributed by atoms with Crippen LogP contribution < -0.4 is 5.32 Å². The first kappa shape index (κ1) is 15.9. The van der Waals surface area contributed by atoms with Crippen molar-refractivity contribution in [3.63, 3.8) is 0 Å². The molecule has 2 aromatic carbocycles. The van der Waals surface area contributed by atoms with E-state index >= 15 is 0 Å². The van der Waals surface area contributed by atoms with Gasteiger partial charge in [0.1, 0.15) is 18.5 Å². The van der Waals surface area contributed by atoms with Crippen molar-refractivity contribution in [1.82, 2.24) is 14.8 Å². The van der Waals surface area contributed by atoms with E-state index < -0.39 is 0 Å². The van der Waals surface area contributed by atoms with Gasteiger partial charge in [-0.1, -0.05) is 23.7 Å². The molecule has 7 heteroatoms. The SMILES string of the molecule is O=C(/C=C/c1ccc(F)cc1)Nc1cc(Cl)ccc1-n1cncn1. The van der Waals surface area contributed by atoms with Gasteiger partial charge in [-0.25, -0.2) is 14.1 Å². The van der Waals surface area contributed by atoms with Gasteiger partial charge in [-0.3, -0.25) is 4.79 Å². The van der Waals surface area contributed by atoms with Gasteiger partial charge in [-0.2, -0.15) is 5.10 Å². The number of halogens is 2. The van der Waals surface area contributed by atoms with Crippen molar-refractivity contribution in [1.29, 1.82) is 0 Å². The first-order valence-electron chi connectivity index (χ1n) is 7.01. The minimum Gasteiger partial charge on any atom is -0.321 e. The van der Waals surface area contributed by atoms with E-state index in [1.807, 2.05) is 0 Å². The molecule has 0 spiro atoms. The maximum absolute atomic E-state index is 12.9.